The number of hydrogen-bond donors (Lipinski definition) is 2. The summed E-state index contributed by atoms with van der Waals surface area (Å²) in [6.07, 6.45) is 0. The molecule has 0 aliphatic carbocycles. The van der Waals surface area contributed by atoms with Crippen LogP contribution < -0.4 is 10.6 Å². The molecule has 1 aromatic carbocycles. The number of nitrogens with two attached hydrogens (primary N) is 1. The van der Waals surface area contributed by atoms with Crippen molar-refractivity contribution in [3.05, 3.63) is 35.4 Å². The fourth-order valence-corrected chi connectivity index (χ4v) is 0.724. The molecule has 84 valence electrons. The Morgan fingerprint density at radius 1 is 1.27 bits per heavy atom. The normalized spacial score (nSPS) is 7.27. The minimum absolute atomic E-state index is 0.639. The topological polar surface area (TPSA) is 76.3 Å². The summed E-state index contributed by atoms with van der Waals surface area (Å²) in [4.78, 5) is 2.61. The lowest BCUT2D eigenvalue weighted by Crippen LogP contribution is -1.94. The predicted octanol–water partition coefficient (Wildman–Crippen LogP) is 2.65. The molecule has 0 bridgehead atoms. The second-order valence-electron chi connectivity index (χ2n) is 2.49. The molecule has 0 fully saturated rings. The van der Waals surface area contributed by atoms with Crippen molar-refractivity contribution in [1.82, 2.24) is 4.91 Å². The Hall–Kier alpha value is -1.51. The third-order valence-corrected chi connectivity index (χ3v) is 1.46. The molecule has 0 saturated heterocycles. The molecule has 0 heterocycles. The van der Waals surface area contributed by atoms with Gasteiger partial charge in [-0.3, -0.25) is 0 Å². The molecule has 1 rings (SSSR count). The largest absolute Gasteiger partial charge is 0.326 e. The van der Waals surface area contributed by atoms with Crippen molar-refractivity contribution in [2.45, 2.75) is 27.3 Å². The van der Waals surface area contributed by atoms with Gasteiger partial charge in [0.1, 0.15) is 17.7 Å². The molecule has 15 heavy (non-hydrogen) atoms. The van der Waals surface area contributed by atoms with Crippen molar-refractivity contribution in [2.75, 3.05) is 7.05 Å². The van der Waals surface area contributed by atoms with Crippen molar-refractivity contribution in [2.24, 2.45) is 10.8 Å². The molecule has 0 radical (unpaired) electrons. The maximum absolute atomic E-state index is 5.91. The van der Waals surface area contributed by atoms with Gasteiger partial charge in [-0.2, -0.15) is 0 Å². The van der Waals surface area contributed by atoms with Crippen molar-refractivity contribution < 1.29 is 0 Å². The van der Waals surface area contributed by atoms with E-state index < -0.39 is 0 Å². The zero-order valence-electron chi connectivity index (χ0n) is 9.99. The van der Waals surface area contributed by atoms with Crippen LogP contribution in [0.3, 0.4) is 0 Å². The average Bonchev–Trinajstić information content (AvgIpc) is 2.33. The highest BCUT2D eigenvalue weighted by molar-refractivity contribution is 5.20. The van der Waals surface area contributed by atoms with Crippen LogP contribution in [0.4, 0.5) is 0 Å². The number of benzene rings is 1. The van der Waals surface area contributed by atoms with Gasteiger partial charge in [0, 0.05) is 6.54 Å². The molecule has 0 aromatic heterocycles. The highest BCUT2D eigenvalue weighted by Crippen LogP contribution is 2.00. The standard InChI is InChI=1S/C8H11N.C2H6.CH4N3/c1-7-2-4-8(6-9)5-3-7;1-2;1-3-4-2/h2-5H,6,9H2,1H3;1-2H3;2H,1H3/q;;+1. The van der Waals surface area contributed by atoms with E-state index in [1.165, 1.54) is 18.2 Å². The zero-order chi connectivity index (χ0) is 12.1. The molecule has 0 aliphatic rings. The maximum atomic E-state index is 5.91. The van der Waals surface area contributed by atoms with Gasteiger partial charge in [0.05, 0.1) is 0 Å². The lowest BCUT2D eigenvalue weighted by Gasteiger charge is -1.94. The molecule has 1 aromatic rings. The van der Waals surface area contributed by atoms with E-state index in [4.69, 9.17) is 11.3 Å². The molecular formula is C11H21N4+. The lowest BCUT2D eigenvalue weighted by atomic mass is 10.2. The van der Waals surface area contributed by atoms with E-state index in [-0.39, 0.29) is 0 Å². The van der Waals surface area contributed by atoms with E-state index >= 15 is 0 Å². The van der Waals surface area contributed by atoms with Crippen LogP contribution in [0.25, 0.3) is 0 Å². The van der Waals surface area contributed by atoms with Crippen LogP contribution in [0.15, 0.2) is 29.4 Å². The minimum atomic E-state index is 0.639. The average molecular weight is 209 g/mol. The van der Waals surface area contributed by atoms with Crippen LogP contribution in [0.2, 0.25) is 0 Å². The summed E-state index contributed by atoms with van der Waals surface area (Å²) in [6, 6.07) is 8.25. The van der Waals surface area contributed by atoms with E-state index in [9.17, 15) is 0 Å². The van der Waals surface area contributed by atoms with Gasteiger partial charge in [-0.05, 0) is 12.5 Å². The van der Waals surface area contributed by atoms with Gasteiger partial charge in [-0.1, -0.05) is 43.7 Å². The predicted molar refractivity (Wildman–Crippen MR) is 63.6 cm³/mol. The Kier molecular flexibility index (Phi) is 13.3. The Morgan fingerprint density at radius 2 is 1.67 bits per heavy atom. The van der Waals surface area contributed by atoms with E-state index in [0.29, 0.717) is 6.54 Å². The molecule has 4 nitrogen and oxygen atoms in total. The number of aryl methyl sites for hydroxylation is 1. The Bertz CT molecular complexity index is 273. The number of rotatable bonds is 1. The first-order chi connectivity index (χ1) is 7.24. The van der Waals surface area contributed by atoms with Gasteiger partial charge in [0.25, 0.3) is 0 Å². The molecule has 3 N–H and O–H groups in total. The molecule has 0 aliphatic heterocycles. The molecule has 0 atom stereocenters. The first-order valence-corrected chi connectivity index (χ1v) is 4.95. The minimum Gasteiger partial charge on any atom is -0.326 e. The van der Waals surface area contributed by atoms with Crippen LogP contribution in [0, 0.1) is 12.5 Å². The summed E-state index contributed by atoms with van der Waals surface area (Å²) in [5.74, 6) is 0. The molecule has 0 unspecified atom stereocenters. The molecule has 4 heteroatoms. The quantitative estimate of drug-likeness (QED) is 0.541. The molecular weight excluding hydrogens is 188 g/mol. The van der Waals surface area contributed by atoms with Crippen LogP contribution in [-0.4, -0.2) is 7.05 Å². The molecule has 0 saturated carbocycles. The van der Waals surface area contributed by atoms with Crippen LogP contribution in [-0.2, 0) is 6.54 Å². The van der Waals surface area contributed by atoms with E-state index in [1.807, 2.05) is 13.8 Å². The van der Waals surface area contributed by atoms with Gasteiger partial charge in [0.15, 0.2) is 0 Å². The fraction of sp³-hybridized carbons (Fsp3) is 0.455. The van der Waals surface area contributed by atoms with Gasteiger partial charge in [-0.15, -0.1) is 0 Å². The number of nitrogens with zero attached hydrogens (tertiary/aromatic N) is 2. The Balaban J connectivity index is 0. The van der Waals surface area contributed by atoms with E-state index in [2.05, 4.69) is 41.2 Å². The molecule has 0 amide bonds. The maximum Gasteiger partial charge on any atom is 0.213 e. The summed E-state index contributed by atoms with van der Waals surface area (Å²) < 4.78 is 0. The monoisotopic (exact) mass is 209 g/mol. The van der Waals surface area contributed by atoms with E-state index in [1.54, 1.807) is 0 Å². The SMILES string of the molecule is CC.CN=[N+]=N.Cc1ccc(CN)cc1. The zero-order valence-corrected chi connectivity index (χ0v) is 9.99. The lowest BCUT2D eigenvalue weighted by molar-refractivity contribution is 0.960. The number of nitrogens with one attached hydrogen (secondary N) is 1. The van der Waals surface area contributed by atoms with Crippen LogP contribution >= 0.6 is 0 Å². The van der Waals surface area contributed by atoms with Gasteiger partial charge < -0.3 is 5.73 Å². The summed E-state index contributed by atoms with van der Waals surface area (Å²) in [5.41, 5.74) is 13.8. The van der Waals surface area contributed by atoms with Gasteiger partial charge >= 0.3 is 0 Å². The molecule has 0 spiro atoms. The third-order valence-electron chi connectivity index (χ3n) is 1.46. The van der Waals surface area contributed by atoms with Crippen LogP contribution in [0.1, 0.15) is 25.0 Å². The highest BCUT2D eigenvalue weighted by Gasteiger charge is 1.85. The van der Waals surface area contributed by atoms with Crippen molar-refractivity contribution in [1.29, 1.82) is 5.53 Å². The van der Waals surface area contributed by atoms with Crippen molar-refractivity contribution in [3.63, 3.8) is 0 Å². The summed E-state index contributed by atoms with van der Waals surface area (Å²) >= 11 is 0. The highest BCUT2D eigenvalue weighted by atomic mass is 15.1. The van der Waals surface area contributed by atoms with Gasteiger partial charge in [-0.25, -0.2) is 0 Å². The fourth-order valence-electron chi connectivity index (χ4n) is 0.724. The Morgan fingerprint density at radius 3 is 1.93 bits per heavy atom. The van der Waals surface area contributed by atoms with Gasteiger partial charge in [0.2, 0.25) is 4.91 Å². The summed E-state index contributed by atoms with van der Waals surface area (Å²) in [5, 5.41) is 3.03. The number of hydrogen-bond acceptors (Lipinski definition) is 3. The smallest absolute Gasteiger partial charge is 0.213 e. The third kappa shape index (κ3) is 10.4. The van der Waals surface area contributed by atoms with Crippen molar-refractivity contribution >= 4 is 0 Å². The second kappa shape index (κ2) is 12.5. The van der Waals surface area contributed by atoms with E-state index in [0.717, 1.165) is 0 Å². The first-order valence-electron chi connectivity index (χ1n) is 4.95. The second-order valence-corrected chi connectivity index (χ2v) is 2.49. The summed E-state index contributed by atoms with van der Waals surface area (Å²) in [7, 11) is 1.45. The van der Waals surface area contributed by atoms with Crippen molar-refractivity contribution in [3.8, 4) is 0 Å². The summed E-state index contributed by atoms with van der Waals surface area (Å²) in [6.45, 7) is 6.71. The first kappa shape index (κ1) is 15.9. The van der Waals surface area contributed by atoms with Crippen LogP contribution in [0.5, 0.6) is 0 Å². The Labute approximate surface area is 91.7 Å².